The third-order valence-corrected chi connectivity index (χ3v) is 6.55. The first-order valence-electron chi connectivity index (χ1n) is 9.38. The SMILES string of the molecule is CC1(C)C(=O)Nc2ccc(S(=O)(=O)Nc3nccc(-n4nnc5ccccc54)n3)cc21. The molecule has 0 saturated carbocycles. The Hall–Kier alpha value is -3.86. The molecule has 1 aliphatic heterocycles. The molecular formula is C20H17N7O3S. The van der Waals surface area contributed by atoms with Crippen LogP contribution in [0.15, 0.2) is 59.6 Å². The number of carbonyl (C=O) groups excluding carboxylic acids is 1. The van der Waals surface area contributed by atoms with Gasteiger partial charge in [0.15, 0.2) is 5.82 Å². The third kappa shape index (κ3) is 3.10. The molecule has 2 aromatic carbocycles. The van der Waals surface area contributed by atoms with Crippen molar-refractivity contribution in [3.63, 3.8) is 0 Å². The number of aromatic nitrogens is 5. The molecule has 0 unspecified atom stereocenters. The minimum atomic E-state index is -3.99. The van der Waals surface area contributed by atoms with Crippen LogP contribution in [0.1, 0.15) is 19.4 Å². The standard InChI is InChI=1S/C20H17N7O3S/c1-20(2)13-11-12(7-8-14(13)22-18(20)28)31(29,30)25-19-21-10-9-17(23-19)27-16-6-4-3-5-15(16)24-26-27/h3-11H,1-2H3,(H,22,28)(H,21,23,25). The number of sulfonamides is 1. The Morgan fingerprint density at radius 1 is 1.10 bits per heavy atom. The van der Waals surface area contributed by atoms with E-state index < -0.39 is 15.4 Å². The lowest BCUT2D eigenvalue weighted by atomic mass is 9.86. The Balaban J connectivity index is 1.49. The van der Waals surface area contributed by atoms with Crippen LogP contribution in [0.3, 0.4) is 0 Å². The van der Waals surface area contributed by atoms with Crippen molar-refractivity contribution in [3.05, 3.63) is 60.3 Å². The van der Waals surface area contributed by atoms with E-state index in [9.17, 15) is 13.2 Å². The van der Waals surface area contributed by atoms with Gasteiger partial charge in [0, 0.05) is 18.0 Å². The first kappa shape index (κ1) is 19.1. The van der Waals surface area contributed by atoms with Crippen LogP contribution in [-0.2, 0) is 20.2 Å². The van der Waals surface area contributed by atoms with Gasteiger partial charge >= 0.3 is 0 Å². The van der Waals surface area contributed by atoms with Crippen LogP contribution in [0.2, 0.25) is 0 Å². The maximum atomic E-state index is 13.0. The predicted octanol–water partition coefficient (Wildman–Crippen LogP) is 2.24. The van der Waals surface area contributed by atoms with E-state index in [2.05, 4.69) is 30.3 Å². The zero-order chi connectivity index (χ0) is 21.8. The Kier molecular flexibility index (Phi) is 4.05. The summed E-state index contributed by atoms with van der Waals surface area (Å²) < 4.78 is 29.8. The van der Waals surface area contributed by atoms with E-state index in [4.69, 9.17) is 0 Å². The van der Waals surface area contributed by atoms with Gasteiger partial charge in [0.25, 0.3) is 10.0 Å². The van der Waals surface area contributed by atoms with Crippen LogP contribution in [0.25, 0.3) is 16.9 Å². The Bertz CT molecular complexity index is 1460. The third-order valence-electron chi connectivity index (χ3n) is 5.23. The molecule has 0 fully saturated rings. The fraction of sp³-hybridized carbons (Fsp3) is 0.150. The topological polar surface area (TPSA) is 132 Å². The molecular weight excluding hydrogens is 418 g/mol. The molecule has 4 aromatic rings. The van der Waals surface area contributed by atoms with Crippen molar-refractivity contribution in [2.45, 2.75) is 24.2 Å². The quantitative estimate of drug-likeness (QED) is 0.502. The van der Waals surface area contributed by atoms with E-state index in [0.29, 0.717) is 22.6 Å². The Morgan fingerprint density at radius 3 is 2.74 bits per heavy atom. The maximum absolute atomic E-state index is 13.0. The van der Waals surface area contributed by atoms with Gasteiger partial charge in [0.1, 0.15) is 5.52 Å². The van der Waals surface area contributed by atoms with Gasteiger partial charge in [-0.2, -0.15) is 9.67 Å². The van der Waals surface area contributed by atoms with Crippen molar-refractivity contribution in [1.29, 1.82) is 0 Å². The van der Waals surface area contributed by atoms with Crippen LogP contribution in [-0.4, -0.2) is 39.3 Å². The molecule has 0 aliphatic carbocycles. The Morgan fingerprint density at radius 2 is 1.90 bits per heavy atom. The average Bonchev–Trinajstić information content (AvgIpc) is 3.26. The van der Waals surface area contributed by atoms with E-state index in [-0.39, 0.29) is 16.8 Å². The van der Waals surface area contributed by atoms with E-state index in [1.165, 1.54) is 23.0 Å². The van der Waals surface area contributed by atoms with Crippen molar-refractivity contribution in [3.8, 4) is 5.82 Å². The van der Waals surface area contributed by atoms with Crippen molar-refractivity contribution in [2.24, 2.45) is 0 Å². The number of nitrogens with one attached hydrogen (secondary N) is 2. The van der Waals surface area contributed by atoms with E-state index in [1.807, 2.05) is 24.3 Å². The second-order valence-corrected chi connectivity index (χ2v) is 9.30. The summed E-state index contributed by atoms with van der Waals surface area (Å²) in [6.07, 6.45) is 1.44. The number of carbonyl (C=O) groups is 1. The summed E-state index contributed by atoms with van der Waals surface area (Å²) in [6, 6.07) is 13.5. The fourth-order valence-electron chi connectivity index (χ4n) is 3.45. The van der Waals surface area contributed by atoms with Crippen molar-refractivity contribution in [1.82, 2.24) is 25.0 Å². The fourth-order valence-corrected chi connectivity index (χ4v) is 4.43. The molecule has 11 heteroatoms. The Labute approximate surface area is 177 Å². The second kappa shape index (κ2) is 6.57. The zero-order valence-corrected chi connectivity index (χ0v) is 17.4. The minimum absolute atomic E-state index is 0.0102. The van der Waals surface area contributed by atoms with E-state index in [1.54, 1.807) is 26.0 Å². The van der Waals surface area contributed by atoms with Crippen molar-refractivity contribution >= 4 is 38.6 Å². The monoisotopic (exact) mass is 435 g/mol. The summed E-state index contributed by atoms with van der Waals surface area (Å²) in [5.41, 5.74) is 1.81. The van der Waals surface area contributed by atoms with Gasteiger partial charge in [-0.3, -0.25) is 4.79 Å². The second-order valence-electron chi connectivity index (χ2n) is 7.62. The van der Waals surface area contributed by atoms with Crippen LogP contribution >= 0.6 is 0 Å². The van der Waals surface area contributed by atoms with E-state index >= 15 is 0 Å². The summed E-state index contributed by atoms with van der Waals surface area (Å²) in [4.78, 5) is 20.5. The molecule has 0 saturated heterocycles. The first-order valence-corrected chi connectivity index (χ1v) is 10.9. The summed E-state index contributed by atoms with van der Waals surface area (Å²) in [5, 5.41) is 10.9. The molecule has 0 radical (unpaired) electrons. The molecule has 1 aliphatic rings. The highest BCUT2D eigenvalue weighted by Crippen LogP contribution is 2.38. The molecule has 1 amide bonds. The summed E-state index contributed by atoms with van der Waals surface area (Å²) >= 11 is 0. The molecule has 3 heterocycles. The number of anilines is 2. The molecule has 0 atom stereocenters. The van der Waals surface area contributed by atoms with Gasteiger partial charge in [-0.25, -0.2) is 18.1 Å². The minimum Gasteiger partial charge on any atom is -0.325 e. The number of benzene rings is 2. The molecule has 0 bridgehead atoms. The first-order chi connectivity index (χ1) is 14.8. The smallest absolute Gasteiger partial charge is 0.264 e. The highest BCUT2D eigenvalue weighted by atomic mass is 32.2. The molecule has 2 N–H and O–H groups in total. The number of rotatable bonds is 4. The van der Waals surface area contributed by atoms with Gasteiger partial charge in [0.05, 0.1) is 15.8 Å². The van der Waals surface area contributed by atoms with Crippen LogP contribution < -0.4 is 10.0 Å². The molecule has 10 nitrogen and oxygen atoms in total. The van der Waals surface area contributed by atoms with E-state index in [0.717, 1.165) is 5.52 Å². The van der Waals surface area contributed by atoms with Crippen molar-refractivity contribution < 1.29 is 13.2 Å². The number of fused-ring (bicyclic) bond motifs is 2. The maximum Gasteiger partial charge on any atom is 0.264 e. The summed E-state index contributed by atoms with van der Waals surface area (Å²) in [5.74, 6) is 0.0819. The summed E-state index contributed by atoms with van der Waals surface area (Å²) in [7, 11) is -3.99. The number of amides is 1. The number of hydrogen-bond donors (Lipinski definition) is 2. The molecule has 2 aromatic heterocycles. The van der Waals surface area contributed by atoms with Gasteiger partial charge in [-0.1, -0.05) is 17.3 Å². The summed E-state index contributed by atoms with van der Waals surface area (Å²) in [6.45, 7) is 3.49. The highest BCUT2D eigenvalue weighted by Gasteiger charge is 2.39. The largest absolute Gasteiger partial charge is 0.325 e. The molecule has 0 spiro atoms. The predicted molar refractivity (Wildman–Crippen MR) is 113 cm³/mol. The van der Waals surface area contributed by atoms with Crippen LogP contribution in [0.4, 0.5) is 11.6 Å². The molecule has 5 rings (SSSR count). The van der Waals surface area contributed by atoms with Gasteiger partial charge in [-0.05, 0) is 49.7 Å². The molecule has 31 heavy (non-hydrogen) atoms. The van der Waals surface area contributed by atoms with Gasteiger partial charge in [0.2, 0.25) is 11.9 Å². The van der Waals surface area contributed by atoms with Crippen molar-refractivity contribution in [2.75, 3.05) is 10.0 Å². The lowest BCUT2D eigenvalue weighted by Gasteiger charge is -2.16. The lowest BCUT2D eigenvalue weighted by Crippen LogP contribution is -2.27. The average molecular weight is 435 g/mol. The highest BCUT2D eigenvalue weighted by molar-refractivity contribution is 7.92. The zero-order valence-electron chi connectivity index (χ0n) is 16.6. The van der Waals surface area contributed by atoms with Crippen LogP contribution in [0.5, 0.6) is 0 Å². The van der Waals surface area contributed by atoms with Crippen LogP contribution in [0, 0.1) is 0 Å². The van der Waals surface area contributed by atoms with Gasteiger partial charge < -0.3 is 5.32 Å². The number of hydrogen-bond acceptors (Lipinski definition) is 7. The number of nitrogens with zero attached hydrogens (tertiary/aromatic N) is 5. The normalized spacial score (nSPS) is 15.0. The van der Waals surface area contributed by atoms with Gasteiger partial charge in [-0.15, -0.1) is 5.10 Å². The number of para-hydroxylation sites is 1. The lowest BCUT2D eigenvalue weighted by molar-refractivity contribution is -0.119. The molecule has 156 valence electrons.